The Morgan fingerprint density at radius 2 is 1.96 bits per heavy atom. The minimum atomic E-state index is -0.389. The summed E-state index contributed by atoms with van der Waals surface area (Å²) in [6, 6.07) is 12.4. The summed E-state index contributed by atoms with van der Waals surface area (Å²) in [7, 11) is 0. The van der Waals surface area contributed by atoms with Gasteiger partial charge in [-0.3, -0.25) is 0 Å². The third-order valence-electron chi connectivity index (χ3n) is 5.44. The molecule has 5 unspecified atom stereocenters. The van der Waals surface area contributed by atoms with Gasteiger partial charge in [-0.05, 0) is 35.4 Å². The van der Waals surface area contributed by atoms with Crippen LogP contribution in [-0.2, 0) is 11.3 Å². The van der Waals surface area contributed by atoms with Gasteiger partial charge in [0.05, 0.1) is 19.3 Å². The molecule has 148 valence electrons. The molecule has 1 fully saturated rings. The minimum Gasteiger partial charge on any atom is -0.388 e. The zero-order valence-corrected chi connectivity index (χ0v) is 18.0. The summed E-state index contributed by atoms with van der Waals surface area (Å²) in [5.74, 6) is 0.379. The molecule has 2 aromatic rings. The maximum Gasteiger partial charge on any atom is 0.0809 e. The molecule has 0 saturated heterocycles. The molecule has 0 amide bonds. The lowest BCUT2D eigenvalue weighted by molar-refractivity contribution is 0.0864. The first-order chi connectivity index (χ1) is 13.1. The molecule has 0 radical (unpaired) electrons. The quantitative estimate of drug-likeness (QED) is 0.463. The summed E-state index contributed by atoms with van der Waals surface area (Å²) in [5, 5.41) is 12.4. The van der Waals surface area contributed by atoms with Gasteiger partial charge in [-0.25, -0.2) is 0 Å². The molecule has 27 heavy (non-hydrogen) atoms. The second kappa shape index (κ2) is 10.3. The predicted molar refractivity (Wildman–Crippen MR) is 115 cm³/mol. The largest absolute Gasteiger partial charge is 0.388 e. The number of hydrogen-bond acceptors (Lipinski definition) is 3. The fourth-order valence-electron chi connectivity index (χ4n) is 3.89. The minimum absolute atomic E-state index is 0.0127. The molecule has 3 rings (SSSR count). The van der Waals surface area contributed by atoms with Gasteiger partial charge in [0.2, 0.25) is 0 Å². The van der Waals surface area contributed by atoms with E-state index in [1.54, 1.807) is 11.3 Å². The third kappa shape index (κ3) is 5.48. The number of halogens is 2. The highest BCUT2D eigenvalue weighted by Gasteiger charge is 2.42. The van der Waals surface area contributed by atoms with E-state index < -0.39 is 0 Å². The molecule has 1 heterocycles. The van der Waals surface area contributed by atoms with E-state index in [0.29, 0.717) is 13.2 Å². The molecule has 5 atom stereocenters. The molecule has 1 aromatic carbocycles. The number of rotatable bonds is 9. The molecule has 1 aliphatic rings. The van der Waals surface area contributed by atoms with Crippen molar-refractivity contribution >= 4 is 34.5 Å². The number of unbranched alkanes of at least 4 members (excludes halogenated alkanes) is 1. The van der Waals surface area contributed by atoms with E-state index in [9.17, 15) is 5.11 Å². The van der Waals surface area contributed by atoms with Crippen LogP contribution >= 0.6 is 34.5 Å². The number of benzene rings is 1. The van der Waals surface area contributed by atoms with E-state index in [-0.39, 0.29) is 28.7 Å². The first-order valence-electron chi connectivity index (χ1n) is 9.76. The van der Waals surface area contributed by atoms with E-state index in [4.69, 9.17) is 27.9 Å². The fraction of sp³-hybridized carbons (Fsp3) is 0.545. The van der Waals surface area contributed by atoms with Crippen molar-refractivity contribution in [3.05, 3.63) is 57.8 Å². The maximum absolute atomic E-state index is 10.3. The number of aliphatic hydroxyl groups is 1. The molecule has 0 aliphatic heterocycles. The van der Waals surface area contributed by atoms with Crippen molar-refractivity contribution in [1.29, 1.82) is 0 Å². The normalized spacial score (nSPS) is 26.4. The summed E-state index contributed by atoms with van der Waals surface area (Å²) < 4.78 is 5.97. The standard InChI is InChI=1S/C22H28Cl2O2S/c1-2-3-6-21(25)15-7-9-16(10-8-15)22-18(19(23)12-20(22)24)14-26-13-17-5-4-11-27-17/h4-5,7-11,18-22,25H,2-3,6,12-14H2,1H3. The average molecular weight is 427 g/mol. The Kier molecular flexibility index (Phi) is 8.04. The highest BCUT2D eigenvalue weighted by molar-refractivity contribution is 7.09. The average Bonchev–Trinajstić information content (AvgIpc) is 3.28. The van der Waals surface area contributed by atoms with Crippen molar-refractivity contribution < 1.29 is 9.84 Å². The van der Waals surface area contributed by atoms with Crippen LogP contribution in [0.4, 0.5) is 0 Å². The molecule has 0 bridgehead atoms. The van der Waals surface area contributed by atoms with Crippen LogP contribution in [0.1, 0.15) is 60.6 Å². The number of hydrogen-bond donors (Lipinski definition) is 1. The first-order valence-corrected chi connectivity index (χ1v) is 11.5. The Balaban J connectivity index is 1.64. The van der Waals surface area contributed by atoms with Crippen LogP contribution in [0.25, 0.3) is 0 Å². The van der Waals surface area contributed by atoms with Crippen molar-refractivity contribution in [1.82, 2.24) is 0 Å². The molecule has 1 aliphatic carbocycles. The van der Waals surface area contributed by atoms with Crippen molar-refractivity contribution in [2.24, 2.45) is 5.92 Å². The monoisotopic (exact) mass is 426 g/mol. The van der Waals surface area contributed by atoms with Crippen molar-refractivity contribution in [2.45, 2.75) is 62.0 Å². The van der Waals surface area contributed by atoms with E-state index in [1.165, 1.54) is 10.4 Å². The number of aliphatic hydroxyl groups excluding tert-OH is 1. The van der Waals surface area contributed by atoms with E-state index in [1.807, 2.05) is 18.2 Å². The van der Waals surface area contributed by atoms with Gasteiger partial charge in [0.25, 0.3) is 0 Å². The topological polar surface area (TPSA) is 29.5 Å². The van der Waals surface area contributed by atoms with Crippen LogP contribution in [-0.4, -0.2) is 22.5 Å². The third-order valence-corrected chi connectivity index (χ3v) is 7.24. The Bertz CT molecular complexity index is 674. The summed E-state index contributed by atoms with van der Waals surface area (Å²) in [6.07, 6.45) is 3.34. The van der Waals surface area contributed by atoms with E-state index in [0.717, 1.165) is 31.2 Å². The van der Waals surface area contributed by atoms with Crippen LogP contribution in [0.3, 0.4) is 0 Å². The van der Waals surface area contributed by atoms with Gasteiger partial charge in [-0.2, -0.15) is 0 Å². The highest BCUT2D eigenvalue weighted by atomic mass is 35.5. The smallest absolute Gasteiger partial charge is 0.0809 e. The summed E-state index contributed by atoms with van der Waals surface area (Å²) in [5.41, 5.74) is 2.17. The van der Waals surface area contributed by atoms with Gasteiger partial charge in [-0.1, -0.05) is 50.1 Å². The Labute approximate surface area is 176 Å². The Morgan fingerprint density at radius 1 is 1.19 bits per heavy atom. The van der Waals surface area contributed by atoms with E-state index >= 15 is 0 Å². The van der Waals surface area contributed by atoms with Crippen LogP contribution in [0, 0.1) is 5.92 Å². The van der Waals surface area contributed by atoms with Crippen molar-refractivity contribution in [3.63, 3.8) is 0 Å². The van der Waals surface area contributed by atoms with Gasteiger partial charge in [0, 0.05) is 27.5 Å². The maximum atomic E-state index is 10.3. The van der Waals surface area contributed by atoms with Crippen LogP contribution in [0.5, 0.6) is 0 Å². The highest BCUT2D eigenvalue weighted by Crippen LogP contribution is 2.46. The van der Waals surface area contributed by atoms with Crippen molar-refractivity contribution in [3.8, 4) is 0 Å². The molecule has 1 aromatic heterocycles. The molecule has 1 saturated carbocycles. The van der Waals surface area contributed by atoms with Gasteiger partial charge in [0.1, 0.15) is 0 Å². The summed E-state index contributed by atoms with van der Waals surface area (Å²) in [4.78, 5) is 1.23. The molecular formula is C22H28Cl2O2S. The lowest BCUT2D eigenvalue weighted by Gasteiger charge is -2.24. The van der Waals surface area contributed by atoms with Crippen LogP contribution in [0.15, 0.2) is 41.8 Å². The van der Waals surface area contributed by atoms with Crippen molar-refractivity contribution in [2.75, 3.05) is 6.61 Å². The molecule has 2 nitrogen and oxygen atoms in total. The lowest BCUT2D eigenvalue weighted by Crippen LogP contribution is -2.22. The molecule has 1 N–H and O–H groups in total. The molecular weight excluding hydrogens is 399 g/mol. The van der Waals surface area contributed by atoms with Crippen LogP contribution in [0.2, 0.25) is 0 Å². The second-order valence-electron chi connectivity index (χ2n) is 7.38. The Hall–Kier alpha value is -0.580. The second-order valence-corrected chi connectivity index (χ2v) is 9.53. The lowest BCUT2D eigenvalue weighted by atomic mass is 9.88. The number of alkyl halides is 2. The number of thiophene rings is 1. The van der Waals surface area contributed by atoms with Gasteiger partial charge >= 0.3 is 0 Å². The zero-order chi connectivity index (χ0) is 19.2. The SMILES string of the molecule is CCCCC(O)c1ccc(C2C(Cl)CC(Cl)C2COCc2cccs2)cc1. The number of ether oxygens (including phenoxy) is 1. The zero-order valence-electron chi connectivity index (χ0n) is 15.7. The van der Waals surface area contributed by atoms with Gasteiger partial charge in [-0.15, -0.1) is 34.5 Å². The van der Waals surface area contributed by atoms with Gasteiger partial charge in [0.15, 0.2) is 0 Å². The van der Waals surface area contributed by atoms with Gasteiger partial charge < -0.3 is 9.84 Å². The molecule has 0 spiro atoms. The predicted octanol–water partition coefficient (Wildman–Crippen LogP) is 6.51. The fourth-order valence-corrected chi connectivity index (χ4v) is 5.57. The van der Waals surface area contributed by atoms with E-state index in [2.05, 4.69) is 30.5 Å². The van der Waals surface area contributed by atoms with Crippen LogP contribution < -0.4 is 0 Å². The Morgan fingerprint density at radius 3 is 2.63 bits per heavy atom. The summed E-state index contributed by atoms with van der Waals surface area (Å²) in [6.45, 7) is 3.38. The first kappa shape index (κ1) is 21.1. The molecule has 5 heteroatoms. The summed E-state index contributed by atoms with van der Waals surface area (Å²) >= 11 is 15.0.